The first kappa shape index (κ1) is 14.3. The number of rotatable bonds is 3. The molecule has 0 bridgehead atoms. The number of hydrogen-bond donors (Lipinski definition) is 2. The van der Waals surface area contributed by atoms with Crippen molar-refractivity contribution in [1.29, 1.82) is 0 Å². The highest BCUT2D eigenvalue weighted by atomic mass is 79.9. The predicted octanol–water partition coefficient (Wildman–Crippen LogP) is 4.81. The van der Waals surface area contributed by atoms with Crippen molar-refractivity contribution in [3.8, 4) is 5.75 Å². The molecular formula is C13H9Br2F2NO. The van der Waals surface area contributed by atoms with Crippen LogP contribution in [0.2, 0.25) is 0 Å². The van der Waals surface area contributed by atoms with Gasteiger partial charge in [0.2, 0.25) is 0 Å². The van der Waals surface area contributed by atoms with E-state index in [1.54, 1.807) is 12.1 Å². The molecule has 0 aliphatic heterocycles. The van der Waals surface area contributed by atoms with Gasteiger partial charge < -0.3 is 10.4 Å². The minimum absolute atomic E-state index is 0.0975. The molecular weight excluding hydrogens is 384 g/mol. The van der Waals surface area contributed by atoms with Crippen LogP contribution in [0.25, 0.3) is 0 Å². The SMILES string of the molecule is Oc1c(Br)cc(CNc2cccc(F)c2F)cc1Br. The van der Waals surface area contributed by atoms with Gasteiger partial charge in [-0.3, -0.25) is 0 Å². The van der Waals surface area contributed by atoms with E-state index in [1.807, 2.05) is 0 Å². The van der Waals surface area contributed by atoms with E-state index in [2.05, 4.69) is 37.2 Å². The van der Waals surface area contributed by atoms with Crippen molar-refractivity contribution in [3.63, 3.8) is 0 Å². The lowest BCUT2D eigenvalue weighted by molar-refractivity contribution is 0.468. The molecule has 2 aromatic rings. The molecule has 2 nitrogen and oxygen atoms in total. The number of aromatic hydroxyl groups is 1. The largest absolute Gasteiger partial charge is 0.506 e. The highest BCUT2D eigenvalue weighted by Crippen LogP contribution is 2.33. The average Bonchev–Trinajstić information content (AvgIpc) is 2.37. The van der Waals surface area contributed by atoms with Gasteiger partial charge in [0.15, 0.2) is 11.6 Å². The lowest BCUT2D eigenvalue weighted by Gasteiger charge is -2.10. The van der Waals surface area contributed by atoms with Crippen molar-refractivity contribution < 1.29 is 13.9 Å². The van der Waals surface area contributed by atoms with Gasteiger partial charge in [-0.1, -0.05) is 6.07 Å². The number of nitrogens with one attached hydrogen (secondary N) is 1. The quantitative estimate of drug-likeness (QED) is 0.785. The standard InChI is InChI=1S/C13H9Br2F2NO/c14-8-4-7(5-9(15)13(8)19)6-18-11-3-1-2-10(16)12(11)17/h1-5,18-19H,6H2. The molecule has 100 valence electrons. The van der Waals surface area contributed by atoms with Crippen LogP contribution in [0, 0.1) is 11.6 Å². The molecule has 2 aromatic carbocycles. The van der Waals surface area contributed by atoms with Crippen molar-refractivity contribution in [2.75, 3.05) is 5.32 Å². The van der Waals surface area contributed by atoms with Gasteiger partial charge in [-0.2, -0.15) is 0 Å². The molecule has 0 radical (unpaired) electrons. The first-order chi connectivity index (χ1) is 8.99. The third-order valence-electron chi connectivity index (χ3n) is 2.51. The molecule has 0 spiro atoms. The summed E-state index contributed by atoms with van der Waals surface area (Å²) in [5, 5.41) is 12.4. The van der Waals surface area contributed by atoms with Gasteiger partial charge in [-0.25, -0.2) is 8.78 Å². The predicted molar refractivity (Wildman–Crippen MR) is 77.2 cm³/mol. The number of hydrogen-bond acceptors (Lipinski definition) is 2. The molecule has 0 saturated carbocycles. The number of phenolic OH excluding ortho intramolecular Hbond substituents is 1. The van der Waals surface area contributed by atoms with Crippen molar-refractivity contribution in [3.05, 3.63) is 56.5 Å². The molecule has 6 heteroatoms. The maximum atomic E-state index is 13.4. The van der Waals surface area contributed by atoms with Gasteiger partial charge in [0.05, 0.1) is 14.6 Å². The van der Waals surface area contributed by atoms with E-state index in [1.165, 1.54) is 12.1 Å². The van der Waals surface area contributed by atoms with Crippen molar-refractivity contribution in [1.82, 2.24) is 0 Å². The van der Waals surface area contributed by atoms with Crippen molar-refractivity contribution in [2.45, 2.75) is 6.54 Å². The maximum Gasteiger partial charge on any atom is 0.181 e. The summed E-state index contributed by atoms with van der Waals surface area (Å²) < 4.78 is 27.5. The Bertz CT molecular complexity index is 597. The van der Waals surface area contributed by atoms with E-state index in [9.17, 15) is 13.9 Å². The van der Waals surface area contributed by atoms with Gasteiger partial charge in [0.1, 0.15) is 5.75 Å². The second kappa shape index (κ2) is 5.88. The summed E-state index contributed by atoms with van der Waals surface area (Å²) in [4.78, 5) is 0. The highest BCUT2D eigenvalue weighted by Gasteiger charge is 2.09. The molecule has 2 rings (SSSR count). The van der Waals surface area contributed by atoms with Crippen molar-refractivity contribution in [2.24, 2.45) is 0 Å². The van der Waals surface area contributed by atoms with Crippen LogP contribution >= 0.6 is 31.9 Å². The van der Waals surface area contributed by atoms with Crippen LogP contribution in [-0.2, 0) is 6.54 Å². The van der Waals surface area contributed by atoms with E-state index in [0.29, 0.717) is 15.5 Å². The number of phenols is 1. The number of halogens is 4. The summed E-state index contributed by atoms with van der Waals surface area (Å²) in [6, 6.07) is 7.36. The van der Waals surface area contributed by atoms with Crippen LogP contribution < -0.4 is 5.32 Å². The third-order valence-corrected chi connectivity index (χ3v) is 3.72. The first-order valence-corrected chi connectivity index (χ1v) is 6.92. The Hall–Kier alpha value is -1.14. The zero-order valence-corrected chi connectivity index (χ0v) is 12.7. The van der Waals surface area contributed by atoms with Gasteiger partial charge in [0, 0.05) is 6.54 Å². The second-order valence-corrected chi connectivity index (χ2v) is 5.57. The maximum absolute atomic E-state index is 13.4. The monoisotopic (exact) mass is 391 g/mol. The zero-order valence-electron chi connectivity index (χ0n) is 9.55. The lowest BCUT2D eigenvalue weighted by Crippen LogP contribution is -2.02. The summed E-state index contributed by atoms with van der Waals surface area (Å²) >= 11 is 6.41. The Morgan fingerprint density at radius 1 is 1.11 bits per heavy atom. The molecule has 0 saturated heterocycles. The van der Waals surface area contributed by atoms with E-state index in [0.717, 1.165) is 11.6 Å². The summed E-state index contributed by atoms with van der Waals surface area (Å²) in [6.07, 6.45) is 0. The fourth-order valence-electron chi connectivity index (χ4n) is 1.56. The van der Waals surface area contributed by atoms with Gasteiger partial charge in [0.25, 0.3) is 0 Å². The second-order valence-electron chi connectivity index (χ2n) is 3.86. The van der Waals surface area contributed by atoms with Crippen molar-refractivity contribution >= 4 is 37.5 Å². The Kier molecular flexibility index (Phi) is 4.42. The molecule has 0 aliphatic rings. The van der Waals surface area contributed by atoms with Crippen LogP contribution in [0.15, 0.2) is 39.3 Å². The zero-order chi connectivity index (χ0) is 14.0. The topological polar surface area (TPSA) is 32.3 Å². The molecule has 0 fully saturated rings. The normalized spacial score (nSPS) is 10.5. The first-order valence-electron chi connectivity index (χ1n) is 5.34. The molecule has 0 atom stereocenters. The van der Waals surface area contributed by atoms with Gasteiger partial charge in [-0.05, 0) is 61.7 Å². The van der Waals surface area contributed by atoms with Gasteiger partial charge >= 0.3 is 0 Å². The Labute approximate surface area is 125 Å². The van der Waals surface area contributed by atoms with E-state index < -0.39 is 11.6 Å². The Morgan fingerprint density at radius 3 is 2.37 bits per heavy atom. The molecule has 19 heavy (non-hydrogen) atoms. The molecule has 0 heterocycles. The third kappa shape index (κ3) is 3.25. The number of benzene rings is 2. The van der Waals surface area contributed by atoms with Crippen LogP contribution in [0.3, 0.4) is 0 Å². The fraction of sp³-hybridized carbons (Fsp3) is 0.0769. The van der Waals surface area contributed by atoms with Crippen LogP contribution in [0.1, 0.15) is 5.56 Å². The van der Waals surface area contributed by atoms with E-state index >= 15 is 0 Å². The Morgan fingerprint density at radius 2 is 1.74 bits per heavy atom. The molecule has 0 amide bonds. The Balaban J connectivity index is 2.17. The average molecular weight is 393 g/mol. The molecule has 0 aromatic heterocycles. The van der Waals surface area contributed by atoms with Gasteiger partial charge in [-0.15, -0.1) is 0 Å². The summed E-state index contributed by atoms with van der Waals surface area (Å²) in [7, 11) is 0. The summed E-state index contributed by atoms with van der Waals surface area (Å²) in [6.45, 7) is 0.303. The smallest absolute Gasteiger partial charge is 0.181 e. The molecule has 0 unspecified atom stereocenters. The lowest BCUT2D eigenvalue weighted by atomic mass is 10.2. The highest BCUT2D eigenvalue weighted by molar-refractivity contribution is 9.11. The van der Waals surface area contributed by atoms with Crippen LogP contribution in [0.4, 0.5) is 14.5 Å². The number of anilines is 1. The summed E-state index contributed by atoms with van der Waals surface area (Å²) in [5.74, 6) is -1.70. The fourth-order valence-corrected chi connectivity index (χ4v) is 2.84. The molecule has 0 aliphatic carbocycles. The van der Waals surface area contributed by atoms with Crippen LogP contribution in [-0.4, -0.2) is 5.11 Å². The van der Waals surface area contributed by atoms with E-state index in [-0.39, 0.29) is 11.4 Å². The summed E-state index contributed by atoms with van der Waals surface area (Å²) in [5.41, 5.74) is 0.903. The molecule has 2 N–H and O–H groups in total. The van der Waals surface area contributed by atoms with Crippen LogP contribution in [0.5, 0.6) is 5.75 Å². The van der Waals surface area contributed by atoms with E-state index in [4.69, 9.17) is 0 Å². The minimum atomic E-state index is -0.903. The minimum Gasteiger partial charge on any atom is -0.506 e.